The molecule has 1 aromatic rings. The first-order valence-electron chi connectivity index (χ1n) is 5.55. The SMILES string of the molecule is Cc1ccc2c(c1)C(C)C(C)C2(C)C. The van der Waals surface area contributed by atoms with Gasteiger partial charge >= 0.3 is 0 Å². The summed E-state index contributed by atoms with van der Waals surface area (Å²) >= 11 is 0. The van der Waals surface area contributed by atoms with E-state index in [1.807, 2.05) is 0 Å². The third-order valence-electron chi connectivity index (χ3n) is 4.28. The lowest BCUT2D eigenvalue weighted by Gasteiger charge is -2.26. The lowest BCUT2D eigenvalue weighted by atomic mass is 9.77. The Kier molecular flexibility index (Phi) is 1.99. The maximum Gasteiger partial charge on any atom is -0.00694 e. The van der Waals surface area contributed by atoms with Crippen molar-refractivity contribution in [2.75, 3.05) is 0 Å². The van der Waals surface area contributed by atoms with Gasteiger partial charge in [0.25, 0.3) is 0 Å². The highest BCUT2D eigenvalue weighted by atomic mass is 14.4. The first kappa shape index (κ1) is 9.76. The van der Waals surface area contributed by atoms with Gasteiger partial charge in [0, 0.05) is 0 Å². The highest BCUT2D eigenvalue weighted by molar-refractivity contribution is 5.44. The number of hydrogen-bond donors (Lipinski definition) is 0. The second-order valence-corrected chi connectivity index (χ2v) is 5.39. The summed E-state index contributed by atoms with van der Waals surface area (Å²) in [5, 5.41) is 0. The van der Waals surface area contributed by atoms with Crippen LogP contribution in [0.3, 0.4) is 0 Å². The highest BCUT2D eigenvalue weighted by Gasteiger charge is 2.40. The van der Waals surface area contributed by atoms with E-state index >= 15 is 0 Å². The maximum absolute atomic E-state index is 2.38. The van der Waals surface area contributed by atoms with Crippen molar-refractivity contribution in [1.29, 1.82) is 0 Å². The van der Waals surface area contributed by atoms with Gasteiger partial charge in [-0.15, -0.1) is 0 Å². The Bertz CT molecular complexity index is 360. The summed E-state index contributed by atoms with van der Waals surface area (Å²) in [5.74, 6) is 1.46. The van der Waals surface area contributed by atoms with Crippen LogP contribution in [0.2, 0.25) is 0 Å². The molecule has 0 saturated carbocycles. The number of fused-ring (bicyclic) bond motifs is 1. The Hall–Kier alpha value is -0.780. The summed E-state index contributed by atoms with van der Waals surface area (Å²) in [4.78, 5) is 0. The molecule has 2 atom stereocenters. The second-order valence-electron chi connectivity index (χ2n) is 5.39. The summed E-state index contributed by atoms with van der Waals surface area (Å²) in [6.45, 7) is 11.7. The highest BCUT2D eigenvalue weighted by Crippen LogP contribution is 2.49. The van der Waals surface area contributed by atoms with Gasteiger partial charge in [-0.3, -0.25) is 0 Å². The van der Waals surface area contributed by atoms with E-state index < -0.39 is 0 Å². The summed E-state index contributed by atoms with van der Waals surface area (Å²) < 4.78 is 0. The van der Waals surface area contributed by atoms with E-state index in [9.17, 15) is 0 Å². The van der Waals surface area contributed by atoms with Gasteiger partial charge in [0.2, 0.25) is 0 Å². The minimum atomic E-state index is 0.350. The molecule has 1 aliphatic rings. The van der Waals surface area contributed by atoms with Crippen LogP contribution in [0, 0.1) is 12.8 Å². The fourth-order valence-electron chi connectivity index (χ4n) is 2.79. The topological polar surface area (TPSA) is 0 Å². The summed E-state index contributed by atoms with van der Waals surface area (Å²) in [6, 6.07) is 6.93. The molecule has 2 rings (SSSR count). The Morgan fingerprint density at radius 3 is 2.43 bits per heavy atom. The molecule has 0 heterocycles. The first-order chi connectivity index (χ1) is 6.44. The molecule has 2 unspecified atom stereocenters. The molecule has 14 heavy (non-hydrogen) atoms. The summed E-state index contributed by atoms with van der Waals surface area (Å²) in [7, 11) is 0. The molecule has 0 N–H and O–H groups in total. The second kappa shape index (κ2) is 2.85. The minimum Gasteiger partial charge on any atom is -0.0611 e. The van der Waals surface area contributed by atoms with Crippen molar-refractivity contribution in [1.82, 2.24) is 0 Å². The molecule has 0 aromatic heterocycles. The molecule has 1 aromatic carbocycles. The number of benzene rings is 1. The van der Waals surface area contributed by atoms with Gasteiger partial charge in [0.1, 0.15) is 0 Å². The third-order valence-corrected chi connectivity index (χ3v) is 4.28. The zero-order valence-corrected chi connectivity index (χ0v) is 9.89. The standard InChI is InChI=1S/C14H20/c1-9-6-7-13-12(8-9)10(2)11(3)14(13,4)5/h6-8,10-11H,1-5H3. The normalized spacial score (nSPS) is 28.9. The smallest absolute Gasteiger partial charge is 0.00694 e. The van der Waals surface area contributed by atoms with Crippen molar-refractivity contribution in [3.05, 3.63) is 34.9 Å². The van der Waals surface area contributed by atoms with E-state index in [0.29, 0.717) is 11.3 Å². The van der Waals surface area contributed by atoms with Crippen molar-refractivity contribution in [2.24, 2.45) is 5.92 Å². The van der Waals surface area contributed by atoms with Crippen molar-refractivity contribution >= 4 is 0 Å². The van der Waals surface area contributed by atoms with Gasteiger partial charge in [-0.25, -0.2) is 0 Å². The molecule has 0 nitrogen and oxygen atoms in total. The van der Waals surface area contributed by atoms with Crippen molar-refractivity contribution in [2.45, 2.75) is 46.0 Å². The molecule has 0 fully saturated rings. The van der Waals surface area contributed by atoms with Gasteiger partial charge in [-0.05, 0) is 35.3 Å². The average Bonchev–Trinajstić information content (AvgIpc) is 2.28. The molecule has 0 amide bonds. The van der Waals surface area contributed by atoms with Crippen LogP contribution in [-0.2, 0) is 5.41 Å². The molecule has 0 spiro atoms. The molecular weight excluding hydrogens is 168 g/mol. The number of hydrogen-bond acceptors (Lipinski definition) is 0. The van der Waals surface area contributed by atoms with Gasteiger partial charge in [0.15, 0.2) is 0 Å². The molecule has 0 saturated heterocycles. The predicted octanol–water partition coefficient (Wildman–Crippen LogP) is 4.03. The number of rotatable bonds is 0. The van der Waals surface area contributed by atoms with Crippen molar-refractivity contribution in [3.63, 3.8) is 0 Å². The van der Waals surface area contributed by atoms with Crippen molar-refractivity contribution in [3.8, 4) is 0 Å². The lowest BCUT2D eigenvalue weighted by molar-refractivity contribution is 0.342. The van der Waals surface area contributed by atoms with Gasteiger partial charge in [-0.1, -0.05) is 51.5 Å². The van der Waals surface area contributed by atoms with E-state index in [0.717, 1.165) is 5.92 Å². The van der Waals surface area contributed by atoms with Gasteiger partial charge < -0.3 is 0 Å². The van der Waals surface area contributed by atoms with E-state index in [-0.39, 0.29) is 0 Å². The van der Waals surface area contributed by atoms with Crippen LogP contribution in [-0.4, -0.2) is 0 Å². The molecule has 0 aliphatic heterocycles. The van der Waals surface area contributed by atoms with Gasteiger partial charge in [0.05, 0.1) is 0 Å². The van der Waals surface area contributed by atoms with E-state index in [2.05, 4.69) is 52.8 Å². The number of aryl methyl sites for hydroxylation is 1. The summed E-state index contributed by atoms with van der Waals surface area (Å²) in [6.07, 6.45) is 0. The van der Waals surface area contributed by atoms with E-state index in [1.54, 1.807) is 11.1 Å². The Morgan fingerprint density at radius 1 is 1.14 bits per heavy atom. The van der Waals surface area contributed by atoms with Crippen LogP contribution in [0.4, 0.5) is 0 Å². The van der Waals surface area contributed by atoms with Crippen LogP contribution in [0.5, 0.6) is 0 Å². The predicted molar refractivity (Wildman–Crippen MR) is 61.8 cm³/mol. The minimum absolute atomic E-state index is 0.350. The van der Waals surface area contributed by atoms with Crippen LogP contribution in [0.15, 0.2) is 18.2 Å². The molecule has 0 bridgehead atoms. The first-order valence-corrected chi connectivity index (χ1v) is 5.55. The summed E-state index contributed by atoms with van der Waals surface area (Å²) in [5.41, 5.74) is 4.87. The zero-order chi connectivity index (χ0) is 10.5. The Morgan fingerprint density at radius 2 is 1.79 bits per heavy atom. The fraction of sp³-hybridized carbons (Fsp3) is 0.571. The van der Waals surface area contributed by atoms with Gasteiger partial charge in [-0.2, -0.15) is 0 Å². The quantitative estimate of drug-likeness (QED) is 0.576. The van der Waals surface area contributed by atoms with Crippen LogP contribution < -0.4 is 0 Å². The van der Waals surface area contributed by atoms with Crippen molar-refractivity contribution < 1.29 is 0 Å². The maximum atomic E-state index is 2.38. The lowest BCUT2D eigenvalue weighted by Crippen LogP contribution is -2.22. The Labute approximate surface area is 87.3 Å². The van der Waals surface area contributed by atoms with E-state index in [1.165, 1.54) is 5.56 Å². The molecule has 0 radical (unpaired) electrons. The molecule has 76 valence electrons. The zero-order valence-electron chi connectivity index (χ0n) is 9.89. The largest absolute Gasteiger partial charge is 0.0611 e. The van der Waals surface area contributed by atoms with E-state index in [4.69, 9.17) is 0 Å². The molecule has 1 aliphatic carbocycles. The third kappa shape index (κ3) is 1.13. The fourth-order valence-corrected chi connectivity index (χ4v) is 2.79. The molecular formula is C14H20. The average molecular weight is 188 g/mol. The van der Waals surface area contributed by atoms with Crippen LogP contribution in [0.1, 0.15) is 50.3 Å². The monoisotopic (exact) mass is 188 g/mol. The van der Waals surface area contributed by atoms with Crippen LogP contribution >= 0.6 is 0 Å². The Balaban J connectivity index is 2.62. The van der Waals surface area contributed by atoms with Crippen LogP contribution in [0.25, 0.3) is 0 Å². The molecule has 0 heteroatoms.